The fourth-order valence-corrected chi connectivity index (χ4v) is 4.25. The van der Waals surface area contributed by atoms with E-state index in [0.29, 0.717) is 17.3 Å². The molecule has 0 bridgehead atoms. The third kappa shape index (κ3) is 3.49. The lowest BCUT2D eigenvalue weighted by atomic mass is 10.3. The van der Waals surface area contributed by atoms with Gasteiger partial charge in [0.1, 0.15) is 4.21 Å². The van der Waals surface area contributed by atoms with Crippen molar-refractivity contribution in [3.8, 4) is 0 Å². The highest BCUT2D eigenvalue weighted by molar-refractivity contribution is 9.10. The van der Waals surface area contributed by atoms with Crippen molar-refractivity contribution in [2.75, 3.05) is 4.72 Å². The molecule has 0 saturated carbocycles. The zero-order valence-corrected chi connectivity index (χ0v) is 13.5. The number of hydrogen-bond donors (Lipinski definition) is 2. The summed E-state index contributed by atoms with van der Waals surface area (Å²) in [6, 6.07) is 6.51. The first-order valence-electron chi connectivity index (χ1n) is 5.18. The highest BCUT2D eigenvalue weighted by atomic mass is 79.9. The van der Waals surface area contributed by atoms with Crippen LogP contribution in [0.25, 0.3) is 0 Å². The summed E-state index contributed by atoms with van der Waals surface area (Å²) in [5.41, 5.74) is 6.58. The molecule has 0 aliphatic heterocycles. The minimum Gasteiger partial charge on any atom is -0.326 e. The molecule has 1 heterocycles. The number of sulfonamides is 1. The summed E-state index contributed by atoms with van der Waals surface area (Å²) in [5, 5.41) is 2.05. The van der Waals surface area contributed by atoms with E-state index in [9.17, 15) is 8.42 Å². The van der Waals surface area contributed by atoms with Gasteiger partial charge in [0, 0.05) is 11.0 Å². The van der Waals surface area contributed by atoms with Crippen LogP contribution in [0.15, 0.2) is 38.3 Å². The van der Waals surface area contributed by atoms with Crippen LogP contribution in [0.1, 0.15) is 5.56 Å². The van der Waals surface area contributed by atoms with Crippen LogP contribution in [0, 0.1) is 0 Å². The number of nitrogens with one attached hydrogen (secondary N) is 1. The summed E-state index contributed by atoms with van der Waals surface area (Å²) in [6.45, 7) is 0.309. The Bertz CT molecular complexity index is 700. The van der Waals surface area contributed by atoms with Crippen LogP contribution in [0.3, 0.4) is 0 Å². The van der Waals surface area contributed by atoms with Gasteiger partial charge in [0.25, 0.3) is 10.0 Å². The molecule has 0 fully saturated rings. The minimum absolute atomic E-state index is 0.212. The van der Waals surface area contributed by atoms with Crippen LogP contribution < -0.4 is 10.5 Å². The van der Waals surface area contributed by atoms with Crippen molar-refractivity contribution in [2.24, 2.45) is 5.73 Å². The average molecular weight is 382 g/mol. The SMILES string of the molecule is NCc1csc(S(=O)(=O)Nc2cc(Br)ccc2Cl)c1. The summed E-state index contributed by atoms with van der Waals surface area (Å²) < 4.78 is 27.8. The Morgan fingerprint density at radius 2 is 2.11 bits per heavy atom. The molecule has 0 radical (unpaired) electrons. The topological polar surface area (TPSA) is 72.2 Å². The Kier molecular flexibility index (Phi) is 4.52. The van der Waals surface area contributed by atoms with Crippen LogP contribution >= 0.6 is 38.9 Å². The van der Waals surface area contributed by atoms with E-state index in [4.69, 9.17) is 17.3 Å². The van der Waals surface area contributed by atoms with Gasteiger partial charge in [0.05, 0.1) is 10.7 Å². The lowest BCUT2D eigenvalue weighted by Gasteiger charge is -2.08. The van der Waals surface area contributed by atoms with E-state index >= 15 is 0 Å². The molecule has 2 aromatic rings. The second-order valence-electron chi connectivity index (χ2n) is 3.71. The van der Waals surface area contributed by atoms with E-state index < -0.39 is 10.0 Å². The highest BCUT2D eigenvalue weighted by Crippen LogP contribution is 2.29. The number of benzene rings is 1. The summed E-state index contributed by atoms with van der Waals surface area (Å²) >= 11 is 10.4. The number of anilines is 1. The van der Waals surface area contributed by atoms with Crippen molar-refractivity contribution in [3.63, 3.8) is 0 Å². The summed E-state index contributed by atoms with van der Waals surface area (Å²) in [6.07, 6.45) is 0. The fraction of sp³-hybridized carbons (Fsp3) is 0.0909. The van der Waals surface area contributed by atoms with E-state index in [1.807, 2.05) is 0 Å². The molecule has 1 aromatic carbocycles. The molecule has 0 spiro atoms. The standard InChI is InChI=1S/C11H10BrClN2O2S2/c12-8-1-2-9(13)10(4-8)15-19(16,17)11-3-7(5-14)6-18-11/h1-4,6,15H,5,14H2. The second-order valence-corrected chi connectivity index (χ2v) is 7.85. The monoisotopic (exact) mass is 380 g/mol. The number of hydrogen-bond acceptors (Lipinski definition) is 4. The van der Waals surface area contributed by atoms with Gasteiger partial charge in [-0.2, -0.15) is 0 Å². The first-order valence-corrected chi connectivity index (χ1v) is 8.71. The third-order valence-electron chi connectivity index (χ3n) is 2.30. The van der Waals surface area contributed by atoms with Crippen molar-refractivity contribution >= 4 is 54.6 Å². The molecule has 1 aromatic heterocycles. The molecule has 3 N–H and O–H groups in total. The number of halogens is 2. The second kappa shape index (κ2) is 5.80. The van der Waals surface area contributed by atoms with Gasteiger partial charge in [-0.05, 0) is 35.2 Å². The van der Waals surface area contributed by atoms with E-state index in [2.05, 4.69) is 20.7 Å². The number of nitrogens with two attached hydrogens (primary N) is 1. The first kappa shape index (κ1) is 14.8. The molecule has 0 saturated heterocycles. The molecule has 8 heteroatoms. The predicted octanol–water partition coefficient (Wildman–Crippen LogP) is 3.42. The van der Waals surface area contributed by atoms with Gasteiger partial charge in [0.2, 0.25) is 0 Å². The van der Waals surface area contributed by atoms with Crippen molar-refractivity contribution in [1.29, 1.82) is 0 Å². The molecule has 2 rings (SSSR count). The van der Waals surface area contributed by atoms with E-state index in [0.717, 1.165) is 21.4 Å². The van der Waals surface area contributed by atoms with Gasteiger partial charge in [-0.25, -0.2) is 8.42 Å². The smallest absolute Gasteiger partial charge is 0.271 e. The molecule has 0 atom stereocenters. The highest BCUT2D eigenvalue weighted by Gasteiger charge is 2.18. The molecule has 4 nitrogen and oxygen atoms in total. The van der Waals surface area contributed by atoms with Crippen LogP contribution in [-0.2, 0) is 16.6 Å². The lowest BCUT2D eigenvalue weighted by molar-refractivity contribution is 0.603. The molecule has 0 amide bonds. The molecular formula is C11H10BrClN2O2S2. The van der Waals surface area contributed by atoms with Crippen molar-refractivity contribution in [2.45, 2.75) is 10.8 Å². The van der Waals surface area contributed by atoms with Crippen LogP contribution in [0.2, 0.25) is 5.02 Å². The van der Waals surface area contributed by atoms with Crippen molar-refractivity contribution in [1.82, 2.24) is 0 Å². The minimum atomic E-state index is -3.63. The molecule has 102 valence electrons. The van der Waals surface area contributed by atoms with Gasteiger partial charge in [-0.15, -0.1) is 11.3 Å². The van der Waals surface area contributed by atoms with E-state index in [-0.39, 0.29) is 4.21 Å². The maximum Gasteiger partial charge on any atom is 0.271 e. The molecule has 0 unspecified atom stereocenters. The van der Waals surface area contributed by atoms with Crippen molar-refractivity contribution < 1.29 is 8.42 Å². The Labute approximate surface area is 128 Å². The predicted molar refractivity (Wildman–Crippen MR) is 82.2 cm³/mol. The van der Waals surface area contributed by atoms with Crippen molar-refractivity contribution in [3.05, 3.63) is 44.7 Å². The quantitative estimate of drug-likeness (QED) is 0.852. The van der Waals surface area contributed by atoms with Crippen LogP contribution in [-0.4, -0.2) is 8.42 Å². The Hall–Kier alpha value is -0.600. The molecule has 0 aliphatic rings. The summed E-state index contributed by atoms with van der Waals surface area (Å²) in [5.74, 6) is 0. The zero-order valence-electron chi connectivity index (χ0n) is 9.56. The fourth-order valence-electron chi connectivity index (χ4n) is 1.37. The maximum absolute atomic E-state index is 12.2. The number of thiophene rings is 1. The van der Waals surface area contributed by atoms with Gasteiger partial charge in [0.15, 0.2) is 0 Å². The summed E-state index contributed by atoms with van der Waals surface area (Å²) in [7, 11) is -3.63. The Morgan fingerprint density at radius 3 is 2.74 bits per heavy atom. The van der Waals surface area contributed by atoms with E-state index in [1.54, 1.807) is 29.6 Å². The average Bonchev–Trinajstić information content (AvgIpc) is 2.83. The van der Waals surface area contributed by atoms with Gasteiger partial charge < -0.3 is 5.73 Å². The summed E-state index contributed by atoms with van der Waals surface area (Å²) in [4.78, 5) is 0. The lowest BCUT2D eigenvalue weighted by Crippen LogP contribution is -2.12. The van der Waals surface area contributed by atoms with Crippen LogP contribution in [0.5, 0.6) is 0 Å². The van der Waals surface area contributed by atoms with E-state index in [1.165, 1.54) is 0 Å². The molecule has 19 heavy (non-hydrogen) atoms. The van der Waals surface area contributed by atoms with Gasteiger partial charge in [-0.3, -0.25) is 4.72 Å². The Balaban J connectivity index is 2.33. The first-order chi connectivity index (χ1) is 8.92. The third-order valence-corrected chi connectivity index (χ3v) is 5.98. The Morgan fingerprint density at radius 1 is 1.37 bits per heavy atom. The zero-order chi connectivity index (χ0) is 14.0. The number of rotatable bonds is 4. The van der Waals surface area contributed by atoms with Gasteiger partial charge >= 0.3 is 0 Å². The maximum atomic E-state index is 12.2. The normalized spacial score (nSPS) is 11.5. The molecule has 0 aliphatic carbocycles. The van der Waals surface area contributed by atoms with Crippen LogP contribution in [0.4, 0.5) is 5.69 Å². The largest absolute Gasteiger partial charge is 0.326 e. The van der Waals surface area contributed by atoms with Gasteiger partial charge in [-0.1, -0.05) is 27.5 Å². The molecular weight excluding hydrogens is 372 g/mol.